The molecule has 0 bridgehead atoms. The van der Waals surface area contributed by atoms with E-state index in [1.54, 1.807) is 0 Å². The molecule has 1 unspecified atom stereocenters. The molecule has 134 valence electrons. The smallest absolute Gasteiger partial charge is 0.305 e. The lowest BCUT2D eigenvalue weighted by Crippen LogP contribution is -2.42. The van der Waals surface area contributed by atoms with E-state index in [-0.39, 0.29) is 11.9 Å². The summed E-state index contributed by atoms with van der Waals surface area (Å²) in [6.45, 7) is 6.76. The van der Waals surface area contributed by atoms with Crippen LogP contribution in [-0.2, 0) is 20.7 Å². The molecule has 5 nitrogen and oxygen atoms in total. The van der Waals surface area contributed by atoms with E-state index < -0.39 is 6.04 Å². The van der Waals surface area contributed by atoms with E-state index in [1.807, 2.05) is 0 Å². The minimum atomic E-state index is -0.542. The van der Waals surface area contributed by atoms with Crippen LogP contribution < -0.4 is 11.1 Å². The van der Waals surface area contributed by atoms with Crippen molar-refractivity contribution in [2.24, 2.45) is 5.73 Å². The van der Waals surface area contributed by atoms with Gasteiger partial charge in [-0.1, -0.05) is 24.1 Å². The van der Waals surface area contributed by atoms with Gasteiger partial charge in [-0.15, -0.1) is 0 Å². The van der Waals surface area contributed by atoms with Gasteiger partial charge in [-0.2, -0.15) is 0 Å². The third-order valence-electron chi connectivity index (χ3n) is 4.19. The lowest BCUT2D eigenvalue weighted by Gasteiger charge is -2.16. The van der Waals surface area contributed by atoms with Gasteiger partial charge in [0.15, 0.2) is 0 Å². The number of rotatable bonds is 9. The molecule has 0 saturated heterocycles. The van der Waals surface area contributed by atoms with Gasteiger partial charge in [-0.3, -0.25) is 9.59 Å². The van der Waals surface area contributed by atoms with E-state index in [2.05, 4.69) is 43.0 Å². The predicted molar refractivity (Wildman–Crippen MR) is 95.8 cm³/mol. The normalized spacial score (nSPS) is 11.9. The van der Waals surface area contributed by atoms with Crippen LogP contribution in [-0.4, -0.2) is 31.6 Å². The van der Waals surface area contributed by atoms with Crippen molar-refractivity contribution < 1.29 is 14.3 Å². The highest BCUT2D eigenvalue weighted by Crippen LogP contribution is 2.17. The number of aryl methyl sites for hydroxylation is 3. The maximum Gasteiger partial charge on any atom is 0.305 e. The second-order valence-corrected chi connectivity index (χ2v) is 6.37. The van der Waals surface area contributed by atoms with Crippen LogP contribution in [0.15, 0.2) is 12.1 Å². The zero-order valence-corrected chi connectivity index (χ0v) is 15.3. The molecule has 3 N–H and O–H groups in total. The van der Waals surface area contributed by atoms with Crippen LogP contribution in [0.1, 0.15) is 47.9 Å². The zero-order valence-electron chi connectivity index (χ0n) is 15.3. The maximum absolute atomic E-state index is 12.1. The highest BCUT2D eigenvalue weighted by atomic mass is 16.5. The lowest BCUT2D eigenvalue weighted by atomic mass is 9.94. The summed E-state index contributed by atoms with van der Waals surface area (Å²) in [5.74, 6) is -0.313. The first-order valence-electron chi connectivity index (χ1n) is 8.52. The van der Waals surface area contributed by atoms with Gasteiger partial charge in [0.05, 0.1) is 13.2 Å². The summed E-state index contributed by atoms with van der Waals surface area (Å²) in [5, 5.41) is 2.87. The molecule has 1 rings (SSSR count). The number of amides is 1. The van der Waals surface area contributed by atoms with Crippen molar-refractivity contribution >= 4 is 11.9 Å². The van der Waals surface area contributed by atoms with Crippen LogP contribution in [0.25, 0.3) is 0 Å². The molecule has 0 aliphatic rings. The Balaban J connectivity index is 2.34. The second kappa shape index (κ2) is 10.1. The third kappa shape index (κ3) is 6.71. The van der Waals surface area contributed by atoms with Crippen molar-refractivity contribution in [2.45, 2.75) is 58.9 Å². The minimum absolute atomic E-state index is 0.123. The number of benzene rings is 1. The van der Waals surface area contributed by atoms with E-state index in [0.29, 0.717) is 19.4 Å². The average Bonchev–Trinajstić information content (AvgIpc) is 2.53. The Morgan fingerprint density at radius 2 is 1.75 bits per heavy atom. The molecular weight excluding hydrogens is 304 g/mol. The third-order valence-corrected chi connectivity index (χ3v) is 4.19. The van der Waals surface area contributed by atoms with Crippen molar-refractivity contribution in [3.63, 3.8) is 0 Å². The number of methoxy groups -OCH3 is 1. The predicted octanol–water partition coefficient (Wildman–Crippen LogP) is 2.33. The molecule has 5 heteroatoms. The second-order valence-electron chi connectivity index (χ2n) is 6.37. The summed E-state index contributed by atoms with van der Waals surface area (Å²) in [7, 11) is 1.39. The van der Waals surface area contributed by atoms with Crippen LogP contribution in [0.2, 0.25) is 0 Å². The van der Waals surface area contributed by atoms with Gasteiger partial charge in [0.2, 0.25) is 5.91 Å². The molecule has 24 heavy (non-hydrogen) atoms. The summed E-state index contributed by atoms with van der Waals surface area (Å²) in [5.41, 5.74) is 10.8. The van der Waals surface area contributed by atoms with E-state index in [9.17, 15) is 9.59 Å². The SMILES string of the molecule is COC(=O)CCCCCNC(=O)C(N)Cc1c(C)cc(C)cc1C. The molecule has 0 radical (unpaired) electrons. The number of nitrogens with two attached hydrogens (primary N) is 1. The Bertz CT molecular complexity index is 547. The van der Waals surface area contributed by atoms with Crippen LogP contribution in [0, 0.1) is 20.8 Å². The van der Waals surface area contributed by atoms with Gasteiger partial charge in [0, 0.05) is 13.0 Å². The van der Waals surface area contributed by atoms with Crippen LogP contribution in [0.4, 0.5) is 0 Å². The van der Waals surface area contributed by atoms with E-state index in [0.717, 1.165) is 24.8 Å². The number of hydrogen-bond donors (Lipinski definition) is 2. The molecule has 1 atom stereocenters. The molecule has 0 spiro atoms. The van der Waals surface area contributed by atoms with E-state index in [1.165, 1.54) is 23.8 Å². The van der Waals surface area contributed by atoms with Crippen LogP contribution in [0.5, 0.6) is 0 Å². The molecule has 1 amide bonds. The van der Waals surface area contributed by atoms with Crippen molar-refractivity contribution in [3.05, 3.63) is 34.4 Å². The fraction of sp³-hybridized carbons (Fsp3) is 0.579. The molecular formula is C19H30N2O3. The van der Waals surface area contributed by atoms with Crippen LogP contribution >= 0.6 is 0 Å². The van der Waals surface area contributed by atoms with Crippen LogP contribution in [0.3, 0.4) is 0 Å². The Kier molecular flexibility index (Phi) is 8.47. The number of nitrogens with one attached hydrogen (secondary N) is 1. The fourth-order valence-electron chi connectivity index (χ4n) is 2.86. The molecule has 0 fully saturated rings. The van der Waals surface area contributed by atoms with Crippen molar-refractivity contribution in [1.29, 1.82) is 0 Å². The summed E-state index contributed by atoms with van der Waals surface area (Å²) < 4.78 is 4.58. The van der Waals surface area contributed by atoms with Gasteiger partial charge in [-0.05, 0) is 56.7 Å². The fourth-order valence-corrected chi connectivity index (χ4v) is 2.86. The minimum Gasteiger partial charge on any atom is -0.469 e. The topological polar surface area (TPSA) is 81.4 Å². The monoisotopic (exact) mass is 334 g/mol. The average molecular weight is 334 g/mol. The molecule has 0 aliphatic heterocycles. The van der Waals surface area contributed by atoms with Gasteiger partial charge < -0.3 is 15.8 Å². The summed E-state index contributed by atoms with van der Waals surface area (Å²) in [4.78, 5) is 23.1. The van der Waals surface area contributed by atoms with E-state index >= 15 is 0 Å². The molecule has 0 heterocycles. The number of unbranched alkanes of at least 4 members (excludes halogenated alkanes) is 2. The maximum atomic E-state index is 12.1. The quantitative estimate of drug-likeness (QED) is 0.536. The summed E-state index contributed by atoms with van der Waals surface area (Å²) >= 11 is 0. The first-order valence-corrected chi connectivity index (χ1v) is 8.52. The molecule has 0 aliphatic carbocycles. The Hall–Kier alpha value is -1.88. The lowest BCUT2D eigenvalue weighted by molar-refractivity contribution is -0.140. The standard InChI is InChI=1S/C19H30N2O3/c1-13-10-14(2)16(15(3)11-13)12-17(20)19(23)21-9-7-5-6-8-18(22)24-4/h10-11,17H,5-9,12,20H2,1-4H3,(H,21,23). The molecule has 1 aromatic rings. The molecule has 0 aromatic heterocycles. The first kappa shape index (κ1) is 20.2. The van der Waals surface area contributed by atoms with Crippen molar-refractivity contribution in [1.82, 2.24) is 5.32 Å². The molecule has 1 aromatic carbocycles. The number of hydrogen-bond acceptors (Lipinski definition) is 4. The Morgan fingerprint density at radius 1 is 1.12 bits per heavy atom. The van der Waals surface area contributed by atoms with Crippen molar-refractivity contribution in [3.8, 4) is 0 Å². The summed E-state index contributed by atoms with van der Waals surface area (Å²) in [6, 6.07) is 3.70. The number of esters is 1. The highest BCUT2D eigenvalue weighted by molar-refractivity contribution is 5.81. The number of ether oxygens (including phenoxy) is 1. The molecule has 0 saturated carbocycles. The van der Waals surface area contributed by atoms with Gasteiger partial charge >= 0.3 is 5.97 Å². The van der Waals surface area contributed by atoms with E-state index in [4.69, 9.17) is 5.73 Å². The van der Waals surface area contributed by atoms with Gasteiger partial charge in [-0.25, -0.2) is 0 Å². The highest BCUT2D eigenvalue weighted by Gasteiger charge is 2.16. The number of carbonyl (C=O) groups is 2. The van der Waals surface area contributed by atoms with Crippen molar-refractivity contribution in [2.75, 3.05) is 13.7 Å². The largest absolute Gasteiger partial charge is 0.469 e. The summed E-state index contributed by atoms with van der Waals surface area (Å²) in [6.07, 6.45) is 3.46. The zero-order chi connectivity index (χ0) is 18.1. The van der Waals surface area contributed by atoms with Gasteiger partial charge in [0.25, 0.3) is 0 Å². The number of carbonyl (C=O) groups excluding carboxylic acids is 2. The first-order chi connectivity index (χ1) is 11.3. The van der Waals surface area contributed by atoms with Gasteiger partial charge in [0.1, 0.15) is 0 Å². The Labute approximate surface area is 145 Å². The Morgan fingerprint density at radius 3 is 2.33 bits per heavy atom.